The molecule has 104 valence electrons. The molecule has 0 saturated carbocycles. The van der Waals surface area contributed by atoms with E-state index in [1.54, 1.807) is 24.5 Å². The monoisotopic (exact) mass is 278 g/mol. The van der Waals surface area contributed by atoms with E-state index in [9.17, 15) is 9.90 Å². The maximum atomic E-state index is 12.2. The van der Waals surface area contributed by atoms with Crippen LogP contribution in [0.2, 0.25) is 0 Å². The van der Waals surface area contributed by atoms with Crippen LogP contribution in [0.15, 0.2) is 54.9 Å². The van der Waals surface area contributed by atoms with E-state index >= 15 is 0 Å². The number of aromatic nitrogens is 1. The molecule has 0 radical (unpaired) electrons. The standard InChI is InChI=1S/C17H14N2O2/c1-11-3-2-4-14-15(11)9-18-10-16(14)19-17(21)12-5-7-13(20)8-6-12/h2-10,20H,1H3,(H,19,21). The van der Waals surface area contributed by atoms with E-state index in [4.69, 9.17) is 0 Å². The molecule has 21 heavy (non-hydrogen) atoms. The molecule has 4 heteroatoms. The number of phenols is 1. The molecule has 2 N–H and O–H groups in total. The molecule has 3 aromatic rings. The van der Waals surface area contributed by atoms with Crippen LogP contribution in [0, 0.1) is 6.92 Å². The van der Waals surface area contributed by atoms with Crippen LogP contribution in [-0.2, 0) is 0 Å². The first kappa shape index (κ1) is 13.1. The SMILES string of the molecule is Cc1cccc2c(NC(=O)c3ccc(O)cc3)cncc12. The van der Waals surface area contributed by atoms with Gasteiger partial charge in [-0.1, -0.05) is 18.2 Å². The lowest BCUT2D eigenvalue weighted by atomic mass is 10.1. The molecular formula is C17H14N2O2. The molecule has 0 bridgehead atoms. The highest BCUT2D eigenvalue weighted by Gasteiger charge is 2.09. The number of anilines is 1. The Morgan fingerprint density at radius 3 is 2.57 bits per heavy atom. The van der Waals surface area contributed by atoms with Gasteiger partial charge in [0.1, 0.15) is 5.75 Å². The molecular weight excluding hydrogens is 264 g/mol. The quantitative estimate of drug-likeness (QED) is 0.754. The summed E-state index contributed by atoms with van der Waals surface area (Å²) in [6.45, 7) is 2.01. The molecule has 0 unspecified atom stereocenters. The Balaban J connectivity index is 1.96. The summed E-state index contributed by atoms with van der Waals surface area (Å²) in [7, 11) is 0. The van der Waals surface area contributed by atoms with Gasteiger partial charge in [-0.05, 0) is 36.8 Å². The molecule has 1 aromatic heterocycles. The molecule has 2 aromatic carbocycles. The Kier molecular flexibility index (Phi) is 3.28. The summed E-state index contributed by atoms with van der Waals surface area (Å²) in [4.78, 5) is 16.4. The summed E-state index contributed by atoms with van der Waals surface area (Å²) >= 11 is 0. The highest BCUT2D eigenvalue weighted by molar-refractivity contribution is 6.09. The Hall–Kier alpha value is -2.88. The highest BCUT2D eigenvalue weighted by Crippen LogP contribution is 2.25. The number of amides is 1. The van der Waals surface area contributed by atoms with Crippen molar-refractivity contribution in [2.24, 2.45) is 0 Å². The highest BCUT2D eigenvalue weighted by atomic mass is 16.3. The topological polar surface area (TPSA) is 62.2 Å². The molecule has 1 amide bonds. The number of hydrogen-bond acceptors (Lipinski definition) is 3. The van der Waals surface area contributed by atoms with Crippen LogP contribution in [0.4, 0.5) is 5.69 Å². The summed E-state index contributed by atoms with van der Waals surface area (Å²) in [6, 6.07) is 12.0. The Bertz CT molecular complexity index is 811. The molecule has 0 aliphatic rings. The third-order valence-electron chi connectivity index (χ3n) is 3.40. The second kappa shape index (κ2) is 5.25. The number of aromatic hydroxyl groups is 1. The number of phenolic OH excluding ortho intramolecular Hbond substituents is 1. The number of aryl methyl sites for hydroxylation is 1. The van der Waals surface area contributed by atoms with Crippen molar-refractivity contribution in [2.75, 3.05) is 5.32 Å². The van der Waals surface area contributed by atoms with E-state index in [0.717, 1.165) is 16.3 Å². The fourth-order valence-electron chi connectivity index (χ4n) is 2.25. The van der Waals surface area contributed by atoms with Crippen LogP contribution in [-0.4, -0.2) is 16.0 Å². The molecule has 0 spiro atoms. The van der Waals surface area contributed by atoms with Crippen molar-refractivity contribution < 1.29 is 9.90 Å². The number of hydrogen-bond donors (Lipinski definition) is 2. The number of carbonyl (C=O) groups excluding carboxylic acids is 1. The van der Waals surface area contributed by atoms with Gasteiger partial charge >= 0.3 is 0 Å². The first-order valence-electron chi connectivity index (χ1n) is 6.59. The van der Waals surface area contributed by atoms with Crippen molar-refractivity contribution in [1.82, 2.24) is 4.98 Å². The largest absolute Gasteiger partial charge is 0.508 e. The number of pyridine rings is 1. The average Bonchev–Trinajstić information content (AvgIpc) is 2.49. The average molecular weight is 278 g/mol. The van der Waals surface area contributed by atoms with E-state index in [1.165, 1.54) is 12.1 Å². The van der Waals surface area contributed by atoms with Gasteiger partial charge in [0.25, 0.3) is 5.91 Å². The van der Waals surface area contributed by atoms with Gasteiger partial charge in [-0.3, -0.25) is 9.78 Å². The van der Waals surface area contributed by atoms with Gasteiger partial charge in [-0.2, -0.15) is 0 Å². The second-order valence-corrected chi connectivity index (χ2v) is 4.86. The van der Waals surface area contributed by atoms with E-state index in [-0.39, 0.29) is 11.7 Å². The smallest absolute Gasteiger partial charge is 0.255 e. The van der Waals surface area contributed by atoms with Crippen molar-refractivity contribution in [3.63, 3.8) is 0 Å². The minimum absolute atomic E-state index is 0.133. The lowest BCUT2D eigenvalue weighted by molar-refractivity contribution is 0.102. The first-order valence-corrected chi connectivity index (χ1v) is 6.59. The summed E-state index contributed by atoms with van der Waals surface area (Å²) in [6.07, 6.45) is 3.43. The fourth-order valence-corrected chi connectivity index (χ4v) is 2.25. The summed E-state index contributed by atoms with van der Waals surface area (Å²) in [5, 5.41) is 14.1. The molecule has 4 nitrogen and oxygen atoms in total. The summed E-state index contributed by atoms with van der Waals surface area (Å²) < 4.78 is 0. The van der Waals surface area contributed by atoms with E-state index in [0.29, 0.717) is 11.3 Å². The molecule has 3 rings (SSSR count). The minimum atomic E-state index is -0.231. The van der Waals surface area contributed by atoms with Crippen LogP contribution >= 0.6 is 0 Å². The third kappa shape index (κ3) is 2.56. The van der Waals surface area contributed by atoms with Crippen molar-refractivity contribution >= 4 is 22.4 Å². The number of nitrogens with zero attached hydrogens (tertiary/aromatic N) is 1. The Morgan fingerprint density at radius 2 is 1.81 bits per heavy atom. The minimum Gasteiger partial charge on any atom is -0.508 e. The number of carbonyl (C=O) groups is 1. The van der Waals surface area contributed by atoms with E-state index < -0.39 is 0 Å². The zero-order valence-corrected chi connectivity index (χ0v) is 11.5. The van der Waals surface area contributed by atoms with Crippen molar-refractivity contribution in [2.45, 2.75) is 6.92 Å². The van der Waals surface area contributed by atoms with Gasteiger partial charge in [0, 0.05) is 22.5 Å². The predicted molar refractivity (Wildman–Crippen MR) is 82.5 cm³/mol. The number of rotatable bonds is 2. The zero-order chi connectivity index (χ0) is 14.8. The maximum Gasteiger partial charge on any atom is 0.255 e. The summed E-state index contributed by atoms with van der Waals surface area (Å²) in [5.74, 6) is -0.0974. The van der Waals surface area contributed by atoms with Gasteiger partial charge in [0.05, 0.1) is 11.9 Å². The predicted octanol–water partition coefficient (Wildman–Crippen LogP) is 3.50. The van der Waals surface area contributed by atoms with Gasteiger partial charge < -0.3 is 10.4 Å². The van der Waals surface area contributed by atoms with E-state index in [2.05, 4.69) is 10.3 Å². The number of fused-ring (bicyclic) bond motifs is 1. The Labute approximate surface area is 122 Å². The number of nitrogens with one attached hydrogen (secondary N) is 1. The van der Waals surface area contributed by atoms with Gasteiger partial charge in [-0.25, -0.2) is 0 Å². The van der Waals surface area contributed by atoms with Gasteiger partial charge in [0.2, 0.25) is 0 Å². The zero-order valence-electron chi connectivity index (χ0n) is 11.5. The second-order valence-electron chi connectivity index (χ2n) is 4.86. The lowest BCUT2D eigenvalue weighted by Crippen LogP contribution is -2.12. The van der Waals surface area contributed by atoms with E-state index in [1.807, 2.05) is 25.1 Å². The molecule has 0 aliphatic heterocycles. The first-order chi connectivity index (χ1) is 10.1. The third-order valence-corrected chi connectivity index (χ3v) is 3.40. The lowest BCUT2D eigenvalue weighted by Gasteiger charge is -2.09. The fraction of sp³-hybridized carbons (Fsp3) is 0.0588. The van der Waals surface area contributed by atoms with Gasteiger partial charge in [-0.15, -0.1) is 0 Å². The molecule has 0 atom stereocenters. The van der Waals surface area contributed by atoms with Crippen LogP contribution in [0.1, 0.15) is 15.9 Å². The number of benzene rings is 2. The maximum absolute atomic E-state index is 12.2. The molecule has 1 heterocycles. The molecule has 0 saturated heterocycles. The van der Waals surface area contributed by atoms with Crippen molar-refractivity contribution in [3.8, 4) is 5.75 Å². The molecule has 0 aliphatic carbocycles. The van der Waals surface area contributed by atoms with Gasteiger partial charge in [0.15, 0.2) is 0 Å². The van der Waals surface area contributed by atoms with Crippen LogP contribution in [0.3, 0.4) is 0 Å². The normalized spacial score (nSPS) is 10.5. The molecule has 0 fully saturated rings. The van der Waals surface area contributed by atoms with Crippen LogP contribution < -0.4 is 5.32 Å². The van der Waals surface area contributed by atoms with Crippen molar-refractivity contribution in [1.29, 1.82) is 0 Å². The van der Waals surface area contributed by atoms with Crippen molar-refractivity contribution in [3.05, 3.63) is 66.0 Å². The Morgan fingerprint density at radius 1 is 1.05 bits per heavy atom. The van der Waals surface area contributed by atoms with Crippen LogP contribution in [0.25, 0.3) is 10.8 Å². The summed E-state index contributed by atoms with van der Waals surface area (Å²) in [5.41, 5.74) is 2.27. The van der Waals surface area contributed by atoms with Crippen LogP contribution in [0.5, 0.6) is 5.75 Å².